The molecular weight excluding hydrogens is 289 g/mol. The van der Waals surface area contributed by atoms with Crippen molar-refractivity contribution in [1.82, 2.24) is 4.98 Å². The lowest BCUT2D eigenvalue weighted by Gasteiger charge is -2.07. The van der Waals surface area contributed by atoms with E-state index >= 15 is 0 Å². The zero-order chi connectivity index (χ0) is 15.1. The average molecular weight is 307 g/mol. The molecule has 21 heavy (non-hydrogen) atoms. The molecule has 0 spiro atoms. The van der Waals surface area contributed by atoms with Gasteiger partial charge in [-0.15, -0.1) is 11.3 Å². The van der Waals surface area contributed by atoms with Crippen molar-refractivity contribution in [3.05, 3.63) is 46.4 Å². The van der Waals surface area contributed by atoms with E-state index in [2.05, 4.69) is 4.98 Å². The second-order valence-electron chi connectivity index (χ2n) is 4.64. The fourth-order valence-corrected chi connectivity index (χ4v) is 2.63. The minimum Gasteiger partial charge on any atom is -0.494 e. The summed E-state index contributed by atoms with van der Waals surface area (Å²) in [5.74, 6) is 0.334. The van der Waals surface area contributed by atoms with Crippen molar-refractivity contribution in [2.45, 2.75) is 32.4 Å². The van der Waals surface area contributed by atoms with Crippen LogP contribution in [0.2, 0.25) is 0 Å². The Morgan fingerprint density at radius 3 is 2.76 bits per heavy atom. The first kappa shape index (κ1) is 15.6. The number of hydrogen-bond donors (Lipinski definition) is 0. The number of hydrogen-bond acceptors (Lipinski definition) is 4. The molecule has 0 saturated carbocycles. The second kappa shape index (κ2) is 7.88. The van der Waals surface area contributed by atoms with Crippen LogP contribution in [0.3, 0.4) is 0 Å². The monoisotopic (exact) mass is 307 g/mol. The van der Waals surface area contributed by atoms with Crippen LogP contribution in [0.15, 0.2) is 35.8 Å². The molecule has 0 fully saturated rings. The van der Waals surface area contributed by atoms with E-state index in [0.29, 0.717) is 13.0 Å². The summed E-state index contributed by atoms with van der Waals surface area (Å²) in [6, 6.07) is 7.76. The van der Waals surface area contributed by atoms with E-state index in [1.54, 1.807) is 5.38 Å². The Kier molecular flexibility index (Phi) is 5.87. The van der Waals surface area contributed by atoms with E-state index in [9.17, 15) is 9.18 Å². The number of carbonyl (C=O) groups is 1. The molecule has 0 bridgehead atoms. The summed E-state index contributed by atoms with van der Waals surface area (Å²) in [5, 5.41) is 1.93. The number of aromatic nitrogens is 1. The molecule has 0 amide bonds. The molecule has 5 heteroatoms. The number of thiazole rings is 1. The highest BCUT2D eigenvalue weighted by molar-refractivity contribution is 7.11. The van der Waals surface area contributed by atoms with Gasteiger partial charge < -0.3 is 4.74 Å². The number of carbonyl (C=O) groups excluding carboxylic acids is 1. The summed E-state index contributed by atoms with van der Waals surface area (Å²) in [7, 11) is 0. The number of aryl methyl sites for hydroxylation is 1. The Balaban J connectivity index is 1.77. The van der Waals surface area contributed by atoms with Crippen LogP contribution >= 0.6 is 11.3 Å². The number of rotatable bonds is 8. The minimum atomic E-state index is -1.46. The minimum absolute atomic E-state index is 0.228. The number of benzene rings is 1. The Morgan fingerprint density at radius 2 is 2.14 bits per heavy atom. The highest BCUT2D eigenvalue weighted by Crippen LogP contribution is 2.17. The van der Waals surface area contributed by atoms with Gasteiger partial charge in [0.15, 0.2) is 11.2 Å². The van der Waals surface area contributed by atoms with Crippen molar-refractivity contribution in [3.8, 4) is 5.75 Å². The summed E-state index contributed by atoms with van der Waals surface area (Å²) in [5.41, 5.74) is 1.12. The van der Waals surface area contributed by atoms with Gasteiger partial charge in [0.2, 0.25) is 5.78 Å². The van der Waals surface area contributed by atoms with Crippen molar-refractivity contribution in [2.24, 2.45) is 0 Å². The van der Waals surface area contributed by atoms with Gasteiger partial charge in [-0.1, -0.05) is 12.1 Å². The quantitative estimate of drug-likeness (QED) is 0.690. The standard InChI is InChI=1S/C16H18FNO2S/c1-2-20-13-8-6-12(7-9-13)4-3-5-14(17)15(19)16-18-10-11-21-16/h6-11,14H,2-5H2,1H3. The summed E-state index contributed by atoms with van der Waals surface area (Å²) in [6.45, 7) is 2.58. The summed E-state index contributed by atoms with van der Waals surface area (Å²) in [4.78, 5) is 15.6. The molecule has 1 atom stereocenters. The van der Waals surface area contributed by atoms with Gasteiger partial charge in [0.1, 0.15) is 5.75 Å². The fourth-order valence-electron chi connectivity index (χ4n) is 2.01. The van der Waals surface area contributed by atoms with Crippen LogP contribution in [-0.2, 0) is 6.42 Å². The van der Waals surface area contributed by atoms with Crippen LogP contribution < -0.4 is 4.74 Å². The van der Waals surface area contributed by atoms with Crippen molar-refractivity contribution in [1.29, 1.82) is 0 Å². The molecule has 0 radical (unpaired) electrons. The van der Waals surface area contributed by atoms with Crippen LogP contribution in [0.1, 0.15) is 35.1 Å². The van der Waals surface area contributed by atoms with Crippen molar-refractivity contribution in [3.63, 3.8) is 0 Å². The molecule has 1 heterocycles. The van der Waals surface area contributed by atoms with E-state index in [1.807, 2.05) is 31.2 Å². The molecule has 1 unspecified atom stereocenters. The normalized spacial score (nSPS) is 12.1. The first-order valence-electron chi connectivity index (χ1n) is 7.00. The van der Waals surface area contributed by atoms with Crippen molar-refractivity contribution >= 4 is 17.1 Å². The maximum atomic E-state index is 13.8. The Hall–Kier alpha value is -1.75. The lowest BCUT2D eigenvalue weighted by molar-refractivity contribution is 0.0867. The van der Waals surface area contributed by atoms with Crippen LogP contribution in [0.25, 0.3) is 0 Å². The first-order valence-corrected chi connectivity index (χ1v) is 7.88. The van der Waals surface area contributed by atoms with Gasteiger partial charge in [0, 0.05) is 11.6 Å². The molecule has 0 N–H and O–H groups in total. The lowest BCUT2D eigenvalue weighted by atomic mass is 10.0. The second-order valence-corrected chi connectivity index (χ2v) is 5.53. The molecule has 2 aromatic rings. The third-order valence-corrected chi connectivity index (χ3v) is 3.87. The predicted molar refractivity (Wildman–Crippen MR) is 81.9 cm³/mol. The number of nitrogens with zero attached hydrogens (tertiary/aromatic N) is 1. The van der Waals surface area contributed by atoms with Gasteiger partial charge in [0.25, 0.3) is 0 Å². The Labute approximate surface area is 127 Å². The number of halogens is 1. The maximum absolute atomic E-state index is 13.8. The molecule has 0 saturated heterocycles. The van der Waals surface area contributed by atoms with Crippen LogP contribution in [0, 0.1) is 0 Å². The molecule has 0 aliphatic heterocycles. The van der Waals surface area contributed by atoms with Crippen LogP contribution in [0.5, 0.6) is 5.75 Å². The van der Waals surface area contributed by atoms with E-state index in [1.165, 1.54) is 17.5 Å². The molecule has 0 aliphatic rings. The third kappa shape index (κ3) is 4.63. The predicted octanol–water partition coefficient (Wildman–Crippen LogP) is 4.09. The van der Waals surface area contributed by atoms with Gasteiger partial charge in [-0.25, -0.2) is 9.37 Å². The Bertz CT molecular complexity index is 554. The first-order chi connectivity index (χ1) is 10.2. The summed E-state index contributed by atoms with van der Waals surface area (Å²) < 4.78 is 19.2. The van der Waals surface area contributed by atoms with Gasteiger partial charge in [-0.3, -0.25) is 4.79 Å². The molecule has 2 rings (SSSR count). The summed E-state index contributed by atoms with van der Waals surface area (Å²) in [6.07, 6.45) is 1.67. The highest BCUT2D eigenvalue weighted by Gasteiger charge is 2.20. The number of alkyl halides is 1. The molecule has 1 aromatic carbocycles. The van der Waals surface area contributed by atoms with E-state index in [-0.39, 0.29) is 11.4 Å². The molecular formula is C16H18FNO2S. The SMILES string of the molecule is CCOc1ccc(CCCC(F)C(=O)c2nccs2)cc1. The van der Waals surface area contributed by atoms with Gasteiger partial charge in [-0.05, 0) is 43.9 Å². The highest BCUT2D eigenvalue weighted by atomic mass is 32.1. The topological polar surface area (TPSA) is 39.2 Å². The number of ketones is 1. The van der Waals surface area contributed by atoms with Crippen molar-refractivity contribution < 1.29 is 13.9 Å². The zero-order valence-corrected chi connectivity index (χ0v) is 12.7. The molecule has 3 nitrogen and oxygen atoms in total. The maximum Gasteiger partial charge on any atom is 0.225 e. The van der Waals surface area contributed by atoms with Crippen LogP contribution in [-0.4, -0.2) is 23.5 Å². The largest absolute Gasteiger partial charge is 0.494 e. The number of ether oxygens (including phenoxy) is 1. The van der Waals surface area contributed by atoms with E-state index in [0.717, 1.165) is 17.7 Å². The third-order valence-electron chi connectivity index (χ3n) is 3.08. The Morgan fingerprint density at radius 1 is 1.38 bits per heavy atom. The fraction of sp³-hybridized carbons (Fsp3) is 0.375. The summed E-state index contributed by atoms with van der Waals surface area (Å²) >= 11 is 1.18. The van der Waals surface area contributed by atoms with E-state index in [4.69, 9.17) is 4.74 Å². The van der Waals surface area contributed by atoms with Gasteiger partial charge >= 0.3 is 0 Å². The average Bonchev–Trinajstić information content (AvgIpc) is 3.02. The van der Waals surface area contributed by atoms with Crippen LogP contribution in [0.4, 0.5) is 4.39 Å². The smallest absolute Gasteiger partial charge is 0.225 e. The molecule has 1 aromatic heterocycles. The van der Waals surface area contributed by atoms with Crippen molar-refractivity contribution in [2.75, 3.05) is 6.61 Å². The molecule has 112 valence electrons. The van der Waals surface area contributed by atoms with E-state index < -0.39 is 12.0 Å². The lowest BCUT2D eigenvalue weighted by Crippen LogP contribution is -2.15. The number of Topliss-reactive ketones (excluding diaryl/α,β-unsaturated/α-hetero) is 1. The van der Waals surface area contributed by atoms with Gasteiger partial charge in [0.05, 0.1) is 6.61 Å². The zero-order valence-electron chi connectivity index (χ0n) is 11.9. The molecule has 0 aliphatic carbocycles. The van der Waals surface area contributed by atoms with Gasteiger partial charge in [-0.2, -0.15) is 0 Å².